The predicted molar refractivity (Wildman–Crippen MR) is 117 cm³/mol. The number of anilines is 2. The van der Waals surface area contributed by atoms with Crippen molar-refractivity contribution in [1.82, 2.24) is 16.0 Å². The van der Waals surface area contributed by atoms with Crippen LogP contribution in [0.4, 0.5) is 22.2 Å². The fourth-order valence-corrected chi connectivity index (χ4v) is 3.49. The maximum atomic E-state index is 12.3. The molecule has 3 aromatic rings. The number of aryl methyl sites for hydroxylation is 1. The number of halogens is 1. The van der Waals surface area contributed by atoms with Crippen LogP contribution in [0.5, 0.6) is 0 Å². The molecule has 0 aliphatic heterocycles. The van der Waals surface area contributed by atoms with Gasteiger partial charge in [-0.25, -0.2) is 9.78 Å². The normalized spacial score (nSPS) is 10.4. The van der Waals surface area contributed by atoms with E-state index in [4.69, 9.17) is 16.4 Å². The molecule has 0 bridgehead atoms. The van der Waals surface area contributed by atoms with Gasteiger partial charge in [0.15, 0.2) is 5.13 Å². The van der Waals surface area contributed by atoms with Crippen LogP contribution < -0.4 is 16.3 Å². The monoisotopic (exact) mass is 492 g/mol. The number of nitro benzene ring substituents is 2. The molecule has 13 nitrogen and oxygen atoms in total. The van der Waals surface area contributed by atoms with Gasteiger partial charge in [-0.15, -0.1) is 0 Å². The first-order valence-corrected chi connectivity index (χ1v) is 10.0. The summed E-state index contributed by atoms with van der Waals surface area (Å²) in [7, 11) is 0. The fourth-order valence-electron chi connectivity index (χ4n) is 2.50. The summed E-state index contributed by atoms with van der Waals surface area (Å²) >= 11 is 6.84. The maximum Gasteiger partial charge on any atom is 0.370 e. The Morgan fingerprint density at radius 2 is 1.79 bits per heavy atom. The lowest BCUT2D eigenvalue weighted by atomic mass is 10.1. The van der Waals surface area contributed by atoms with E-state index in [-0.39, 0.29) is 4.88 Å². The lowest BCUT2D eigenvalue weighted by Crippen LogP contribution is -2.39. The number of nitrogens with one attached hydrogen (secondary N) is 3. The number of rotatable bonds is 8. The SMILES string of the molecule is Cc1nc(Nc2ccc(Cl)cc2)sc1C(=O)ONNC(=O)c1ccc([N+](=O)[O-])cc1[N+](=O)[O-]. The molecule has 0 radical (unpaired) electrons. The second kappa shape index (κ2) is 9.99. The van der Waals surface area contributed by atoms with Gasteiger partial charge in [0.25, 0.3) is 17.3 Å². The van der Waals surface area contributed by atoms with Gasteiger partial charge < -0.3 is 10.2 Å². The van der Waals surface area contributed by atoms with Crippen molar-refractivity contribution in [2.45, 2.75) is 6.92 Å². The van der Waals surface area contributed by atoms with Gasteiger partial charge in [-0.05, 0) is 37.3 Å². The van der Waals surface area contributed by atoms with Crippen LogP contribution >= 0.6 is 22.9 Å². The highest BCUT2D eigenvalue weighted by Gasteiger charge is 2.24. The van der Waals surface area contributed by atoms with Gasteiger partial charge in [0.1, 0.15) is 10.4 Å². The van der Waals surface area contributed by atoms with Gasteiger partial charge in [0, 0.05) is 16.8 Å². The van der Waals surface area contributed by atoms with Crippen molar-refractivity contribution in [3.8, 4) is 0 Å². The second-order valence-corrected chi connectivity index (χ2v) is 7.66. The summed E-state index contributed by atoms with van der Waals surface area (Å²) in [5.41, 5.74) is 3.13. The molecule has 1 amide bonds. The summed E-state index contributed by atoms with van der Waals surface area (Å²) in [5, 5.41) is 25.9. The third kappa shape index (κ3) is 5.76. The van der Waals surface area contributed by atoms with Crippen LogP contribution in [0, 0.1) is 27.2 Å². The van der Waals surface area contributed by atoms with Crippen LogP contribution in [-0.4, -0.2) is 26.7 Å². The Bertz CT molecular complexity index is 1250. The smallest absolute Gasteiger partial charge is 0.346 e. The number of carbonyl (C=O) groups is 2. The number of hydrogen-bond acceptors (Lipinski definition) is 11. The molecule has 15 heteroatoms. The Morgan fingerprint density at radius 3 is 2.42 bits per heavy atom. The van der Waals surface area contributed by atoms with E-state index in [1.54, 1.807) is 31.2 Å². The maximum absolute atomic E-state index is 12.3. The highest BCUT2D eigenvalue weighted by molar-refractivity contribution is 7.17. The molecule has 0 spiro atoms. The summed E-state index contributed by atoms with van der Waals surface area (Å²) in [6, 6.07) is 9.32. The number of hydrazine groups is 1. The Kier molecular flexibility index (Phi) is 7.12. The standard InChI is InChI=1S/C18H13ClN6O7S/c1-9-15(33-18(20-9)21-11-4-2-10(19)3-5-11)17(27)32-23-22-16(26)13-7-6-12(24(28)29)8-14(13)25(30)31/h2-8,23H,1H3,(H,20,21)(H,22,26). The first kappa shape index (κ1) is 23.5. The molecule has 1 aromatic heterocycles. The molecule has 33 heavy (non-hydrogen) atoms. The van der Waals surface area contributed by atoms with Crippen molar-refractivity contribution in [2.75, 3.05) is 5.32 Å². The van der Waals surface area contributed by atoms with Crippen molar-refractivity contribution >= 4 is 57.0 Å². The molecule has 0 aliphatic carbocycles. The minimum absolute atomic E-state index is 0.134. The molecule has 1 heterocycles. The summed E-state index contributed by atoms with van der Waals surface area (Å²) < 4.78 is 0. The quantitative estimate of drug-likeness (QED) is 0.310. The van der Waals surface area contributed by atoms with Gasteiger partial charge in [-0.3, -0.25) is 30.4 Å². The number of hydrogen-bond donors (Lipinski definition) is 3. The van der Waals surface area contributed by atoms with Crippen LogP contribution in [0.25, 0.3) is 0 Å². The van der Waals surface area contributed by atoms with E-state index in [9.17, 15) is 29.8 Å². The lowest BCUT2D eigenvalue weighted by molar-refractivity contribution is -0.394. The van der Waals surface area contributed by atoms with Crippen molar-refractivity contribution in [3.63, 3.8) is 0 Å². The van der Waals surface area contributed by atoms with Crippen molar-refractivity contribution in [3.05, 3.63) is 83.9 Å². The number of nitrogens with zero attached hydrogens (tertiary/aromatic N) is 3. The van der Waals surface area contributed by atoms with E-state index < -0.39 is 38.7 Å². The van der Waals surface area contributed by atoms with E-state index in [0.29, 0.717) is 27.6 Å². The predicted octanol–water partition coefficient (Wildman–Crippen LogP) is 3.67. The molecular weight excluding hydrogens is 480 g/mol. The number of non-ortho nitro benzene ring substituents is 1. The van der Waals surface area contributed by atoms with Crippen LogP contribution in [0.2, 0.25) is 5.02 Å². The van der Waals surface area contributed by atoms with Crippen LogP contribution in [-0.2, 0) is 4.84 Å². The zero-order chi connectivity index (χ0) is 24.1. The lowest BCUT2D eigenvalue weighted by Gasteiger charge is -2.07. The highest BCUT2D eigenvalue weighted by Crippen LogP contribution is 2.27. The third-order valence-electron chi connectivity index (χ3n) is 4.02. The van der Waals surface area contributed by atoms with E-state index in [2.05, 4.69) is 10.3 Å². The summed E-state index contributed by atoms with van der Waals surface area (Å²) in [5.74, 6) is -1.91. The zero-order valence-corrected chi connectivity index (χ0v) is 18.1. The van der Waals surface area contributed by atoms with Crippen LogP contribution in [0.1, 0.15) is 25.7 Å². The number of carbonyl (C=O) groups excluding carboxylic acids is 2. The molecule has 0 aliphatic rings. The summed E-state index contributed by atoms with van der Waals surface area (Å²) in [6.45, 7) is 1.58. The number of amides is 1. The highest BCUT2D eigenvalue weighted by atomic mass is 35.5. The third-order valence-corrected chi connectivity index (χ3v) is 5.32. The fraction of sp³-hybridized carbons (Fsp3) is 0.0556. The van der Waals surface area contributed by atoms with Crippen molar-refractivity contribution in [2.24, 2.45) is 0 Å². The van der Waals surface area contributed by atoms with E-state index >= 15 is 0 Å². The summed E-state index contributed by atoms with van der Waals surface area (Å²) in [4.78, 5) is 53.8. The molecular formula is C18H13ClN6O7S. The zero-order valence-electron chi connectivity index (χ0n) is 16.5. The molecule has 3 rings (SSSR count). The molecule has 0 saturated heterocycles. The Morgan fingerprint density at radius 1 is 1.09 bits per heavy atom. The Labute approximate surface area is 193 Å². The van der Waals surface area contributed by atoms with E-state index in [0.717, 1.165) is 23.5 Å². The Hall–Kier alpha value is -4.14. The number of aromatic nitrogens is 1. The largest absolute Gasteiger partial charge is 0.370 e. The second-order valence-electron chi connectivity index (χ2n) is 6.23. The minimum atomic E-state index is -1.05. The first-order valence-electron chi connectivity index (χ1n) is 8.85. The van der Waals surface area contributed by atoms with Gasteiger partial charge in [-0.1, -0.05) is 28.5 Å². The average molecular weight is 493 g/mol. The molecule has 0 saturated carbocycles. The van der Waals surface area contributed by atoms with Crippen molar-refractivity contribution < 1.29 is 24.3 Å². The number of nitro groups is 2. The van der Waals surface area contributed by atoms with Crippen molar-refractivity contribution in [1.29, 1.82) is 0 Å². The van der Waals surface area contributed by atoms with E-state index in [1.165, 1.54) is 0 Å². The van der Waals surface area contributed by atoms with Crippen LogP contribution in [0.15, 0.2) is 42.5 Å². The van der Waals surface area contributed by atoms with Gasteiger partial charge in [0.2, 0.25) is 0 Å². The Balaban J connectivity index is 1.62. The number of thiazole rings is 1. The topological polar surface area (TPSA) is 179 Å². The van der Waals surface area contributed by atoms with Gasteiger partial charge >= 0.3 is 5.97 Å². The van der Waals surface area contributed by atoms with E-state index in [1.807, 2.05) is 11.0 Å². The van der Waals surface area contributed by atoms with Crippen LogP contribution in [0.3, 0.4) is 0 Å². The molecule has 2 aromatic carbocycles. The van der Waals surface area contributed by atoms with Gasteiger partial charge in [0.05, 0.1) is 21.6 Å². The van der Waals surface area contributed by atoms with Gasteiger partial charge in [-0.2, -0.15) is 0 Å². The molecule has 0 fully saturated rings. The summed E-state index contributed by atoms with van der Waals surface area (Å²) in [6.07, 6.45) is 0. The first-order chi connectivity index (χ1) is 15.7. The molecule has 0 unspecified atom stereocenters. The molecule has 170 valence electrons. The minimum Gasteiger partial charge on any atom is -0.346 e. The molecule has 0 atom stereocenters. The molecule has 3 N–H and O–H groups in total. The average Bonchev–Trinajstić information content (AvgIpc) is 3.14. The number of benzene rings is 2.